The van der Waals surface area contributed by atoms with E-state index in [-0.39, 0.29) is 0 Å². The van der Waals surface area contributed by atoms with E-state index in [0.717, 1.165) is 62.1 Å². The van der Waals surface area contributed by atoms with Crippen molar-refractivity contribution < 1.29 is 13.9 Å². The Balaban J connectivity index is 1.17. The lowest BCUT2D eigenvalue weighted by molar-refractivity contribution is 0.116. The Morgan fingerprint density at radius 1 is 0.769 bits per heavy atom. The van der Waals surface area contributed by atoms with Gasteiger partial charge in [-0.15, -0.1) is 0 Å². The molecule has 5 heteroatoms. The van der Waals surface area contributed by atoms with Crippen molar-refractivity contribution in [1.29, 1.82) is 0 Å². The molecule has 1 aromatic heterocycles. The van der Waals surface area contributed by atoms with Crippen molar-refractivity contribution in [3.05, 3.63) is 59.9 Å². The molecular formula is C21H22N2O3. The van der Waals surface area contributed by atoms with Crippen LogP contribution in [-0.4, -0.2) is 42.8 Å². The van der Waals surface area contributed by atoms with Crippen LogP contribution in [-0.2, 0) is 13.1 Å². The Labute approximate surface area is 152 Å². The maximum Gasteiger partial charge on any atom is 0.231 e. The molecule has 0 aliphatic carbocycles. The summed E-state index contributed by atoms with van der Waals surface area (Å²) in [5.74, 6) is 2.77. The monoisotopic (exact) mass is 350 g/mol. The Kier molecular flexibility index (Phi) is 4.03. The molecule has 0 saturated carbocycles. The third kappa shape index (κ3) is 3.16. The first-order chi connectivity index (χ1) is 12.8. The summed E-state index contributed by atoms with van der Waals surface area (Å²) < 4.78 is 16.8. The van der Waals surface area contributed by atoms with Crippen LogP contribution in [0.15, 0.2) is 52.9 Å². The van der Waals surface area contributed by atoms with Crippen LogP contribution >= 0.6 is 0 Å². The van der Waals surface area contributed by atoms with E-state index in [2.05, 4.69) is 40.1 Å². The maximum absolute atomic E-state index is 5.95. The lowest BCUT2D eigenvalue weighted by Crippen LogP contribution is -2.45. The Morgan fingerprint density at radius 3 is 2.38 bits per heavy atom. The van der Waals surface area contributed by atoms with Crippen LogP contribution < -0.4 is 9.47 Å². The summed E-state index contributed by atoms with van der Waals surface area (Å²) in [5.41, 5.74) is 2.25. The molecule has 134 valence electrons. The van der Waals surface area contributed by atoms with E-state index in [4.69, 9.17) is 13.9 Å². The number of furan rings is 1. The second kappa shape index (κ2) is 6.67. The molecule has 2 aliphatic rings. The van der Waals surface area contributed by atoms with Gasteiger partial charge < -0.3 is 13.9 Å². The molecule has 3 heterocycles. The summed E-state index contributed by atoms with van der Waals surface area (Å²) >= 11 is 0. The van der Waals surface area contributed by atoms with Crippen molar-refractivity contribution in [3.8, 4) is 11.5 Å². The van der Waals surface area contributed by atoms with Crippen molar-refractivity contribution >= 4 is 11.0 Å². The van der Waals surface area contributed by atoms with Crippen molar-refractivity contribution in [1.82, 2.24) is 9.80 Å². The van der Waals surface area contributed by atoms with E-state index >= 15 is 0 Å². The van der Waals surface area contributed by atoms with E-state index in [1.54, 1.807) is 0 Å². The number of nitrogens with zero attached hydrogens (tertiary/aromatic N) is 2. The van der Waals surface area contributed by atoms with E-state index < -0.39 is 0 Å². The van der Waals surface area contributed by atoms with Crippen molar-refractivity contribution in [2.24, 2.45) is 0 Å². The summed E-state index contributed by atoms with van der Waals surface area (Å²) in [5, 5.41) is 1.18. The van der Waals surface area contributed by atoms with Crippen LogP contribution in [0.25, 0.3) is 11.0 Å². The topological polar surface area (TPSA) is 38.1 Å². The van der Waals surface area contributed by atoms with Crippen molar-refractivity contribution in [2.75, 3.05) is 33.0 Å². The van der Waals surface area contributed by atoms with Gasteiger partial charge in [0, 0.05) is 38.1 Å². The highest BCUT2D eigenvalue weighted by molar-refractivity contribution is 5.77. The molecule has 26 heavy (non-hydrogen) atoms. The Hall–Kier alpha value is -2.50. The predicted molar refractivity (Wildman–Crippen MR) is 99.3 cm³/mol. The second-order valence-corrected chi connectivity index (χ2v) is 6.99. The van der Waals surface area contributed by atoms with Crippen LogP contribution in [0.3, 0.4) is 0 Å². The number of rotatable bonds is 4. The SMILES string of the molecule is c1ccc2oc(CN3CCN(Cc4ccc5c(c4)OCO5)CC3)cc2c1. The molecule has 5 rings (SSSR count). The summed E-state index contributed by atoms with van der Waals surface area (Å²) in [6.45, 7) is 6.41. The molecule has 1 saturated heterocycles. The zero-order valence-electron chi connectivity index (χ0n) is 14.7. The summed E-state index contributed by atoms with van der Waals surface area (Å²) in [6.07, 6.45) is 0. The molecule has 0 atom stereocenters. The first kappa shape index (κ1) is 15.7. The Morgan fingerprint density at radius 2 is 1.54 bits per heavy atom. The molecule has 3 aromatic rings. The fraction of sp³-hybridized carbons (Fsp3) is 0.333. The summed E-state index contributed by atoms with van der Waals surface area (Å²) in [4.78, 5) is 4.96. The molecule has 2 aliphatic heterocycles. The highest BCUT2D eigenvalue weighted by Gasteiger charge is 2.20. The van der Waals surface area contributed by atoms with Gasteiger partial charge >= 0.3 is 0 Å². The van der Waals surface area contributed by atoms with Crippen molar-refractivity contribution in [2.45, 2.75) is 13.1 Å². The zero-order valence-corrected chi connectivity index (χ0v) is 14.7. The standard InChI is InChI=1S/C21H22N2O3/c1-2-4-19-17(3-1)12-18(26-19)14-23-9-7-22(8-10-23)13-16-5-6-20-21(11-16)25-15-24-20/h1-6,11-12H,7-10,13-15H2. The van der Waals surface area contributed by atoms with Crippen LogP contribution in [0.1, 0.15) is 11.3 Å². The van der Waals surface area contributed by atoms with Crippen LogP contribution in [0.2, 0.25) is 0 Å². The molecule has 0 spiro atoms. The Bertz CT molecular complexity index is 880. The van der Waals surface area contributed by atoms with Gasteiger partial charge in [-0.2, -0.15) is 0 Å². The first-order valence-electron chi connectivity index (χ1n) is 9.14. The number of piperazine rings is 1. The molecule has 0 bridgehead atoms. The van der Waals surface area contributed by atoms with E-state index in [1.807, 2.05) is 18.2 Å². The van der Waals surface area contributed by atoms with Gasteiger partial charge in [-0.25, -0.2) is 0 Å². The van der Waals surface area contributed by atoms with Gasteiger partial charge in [0.1, 0.15) is 11.3 Å². The highest BCUT2D eigenvalue weighted by atomic mass is 16.7. The largest absolute Gasteiger partial charge is 0.460 e. The lowest BCUT2D eigenvalue weighted by Gasteiger charge is -2.34. The molecule has 5 nitrogen and oxygen atoms in total. The normalized spacial score (nSPS) is 17.8. The quantitative estimate of drug-likeness (QED) is 0.720. The first-order valence-corrected chi connectivity index (χ1v) is 9.14. The third-order valence-electron chi connectivity index (χ3n) is 5.16. The molecule has 0 amide bonds. The zero-order chi connectivity index (χ0) is 17.3. The fourth-order valence-electron chi connectivity index (χ4n) is 3.74. The maximum atomic E-state index is 5.95. The molecule has 0 N–H and O–H groups in total. The summed E-state index contributed by atoms with van der Waals surface area (Å²) in [6, 6.07) is 16.6. The molecule has 0 unspecified atom stereocenters. The van der Waals surface area contributed by atoms with E-state index in [1.165, 1.54) is 10.9 Å². The minimum Gasteiger partial charge on any atom is -0.460 e. The lowest BCUT2D eigenvalue weighted by atomic mass is 10.1. The highest BCUT2D eigenvalue weighted by Crippen LogP contribution is 2.32. The van der Waals surface area contributed by atoms with Gasteiger partial charge in [0.05, 0.1) is 6.54 Å². The number of fused-ring (bicyclic) bond motifs is 2. The predicted octanol–water partition coefficient (Wildman–Crippen LogP) is 3.48. The smallest absolute Gasteiger partial charge is 0.231 e. The average molecular weight is 350 g/mol. The van der Waals surface area contributed by atoms with Gasteiger partial charge in [0.2, 0.25) is 6.79 Å². The minimum absolute atomic E-state index is 0.333. The molecular weight excluding hydrogens is 328 g/mol. The number of para-hydroxylation sites is 1. The van der Waals surface area contributed by atoms with Gasteiger partial charge in [-0.3, -0.25) is 9.80 Å². The van der Waals surface area contributed by atoms with Gasteiger partial charge in [0.25, 0.3) is 0 Å². The van der Waals surface area contributed by atoms with Crippen LogP contribution in [0.4, 0.5) is 0 Å². The number of hydrogen-bond donors (Lipinski definition) is 0. The van der Waals surface area contributed by atoms with Gasteiger partial charge in [-0.05, 0) is 29.8 Å². The van der Waals surface area contributed by atoms with Crippen LogP contribution in [0.5, 0.6) is 11.5 Å². The number of benzene rings is 2. The second-order valence-electron chi connectivity index (χ2n) is 6.99. The fourth-order valence-corrected chi connectivity index (χ4v) is 3.74. The number of hydrogen-bond acceptors (Lipinski definition) is 5. The average Bonchev–Trinajstić information content (AvgIpc) is 3.29. The van der Waals surface area contributed by atoms with Gasteiger partial charge in [0.15, 0.2) is 11.5 Å². The number of ether oxygens (including phenoxy) is 2. The van der Waals surface area contributed by atoms with E-state index in [9.17, 15) is 0 Å². The molecule has 2 aromatic carbocycles. The molecule has 0 radical (unpaired) electrons. The third-order valence-corrected chi connectivity index (χ3v) is 5.16. The van der Waals surface area contributed by atoms with E-state index in [0.29, 0.717) is 6.79 Å². The van der Waals surface area contributed by atoms with Gasteiger partial charge in [-0.1, -0.05) is 24.3 Å². The minimum atomic E-state index is 0.333. The van der Waals surface area contributed by atoms with Crippen molar-refractivity contribution in [3.63, 3.8) is 0 Å². The van der Waals surface area contributed by atoms with Crippen LogP contribution in [0, 0.1) is 0 Å². The summed E-state index contributed by atoms with van der Waals surface area (Å²) in [7, 11) is 0. The molecule has 1 fully saturated rings.